The fraction of sp³-hybridized carbons (Fsp3) is 0. The van der Waals surface area contributed by atoms with Crippen molar-refractivity contribution in [3.05, 3.63) is 0 Å². The Balaban J connectivity index is 4.09. The summed E-state index contributed by atoms with van der Waals surface area (Å²) in [4.78, 5) is 15.7. The second-order valence-corrected chi connectivity index (χ2v) is 5.27. The maximum Gasteiger partial charge on any atom is 0.605 e. The average molecular weight is 144 g/mol. The minimum absolute atomic E-state index is 3.10. The van der Waals surface area contributed by atoms with Crippen LogP contribution in [-0.2, 0) is 9.13 Å². The van der Waals surface area contributed by atoms with Gasteiger partial charge in [0.1, 0.15) is 0 Å². The van der Waals surface area contributed by atoms with Crippen molar-refractivity contribution < 1.29 is 18.9 Å². The van der Waals surface area contributed by atoms with Gasteiger partial charge in [0.05, 0.1) is 0 Å². The van der Waals surface area contributed by atoms with Crippen LogP contribution in [0.3, 0.4) is 0 Å². The van der Waals surface area contributed by atoms with Crippen molar-refractivity contribution in [2.24, 2.45) is 5.50 Å². The molecule has 0 saturated heterocycles. The zero-order chi connectivity index (χ0) is 6.08. The van der Waals surface area contributed by atoms with Gasteiger partial charge in [0.15, 0.2) is 0 Å². The van der Waals surface area contributed by atoms with Gasteiger partial charge in [-0.25, -0.2) is 10.1 Å². The lowest BCUT2D eigenvalue weighted by Crippen LogP contribution is -1.84. The summed E-state index contributed by atoms with van der Waals surface area (Å²) in [6.07, 6.45) is 0. The molecule has 42 valence electrons. The molecule has 0 aliphatic rings. The molecule has 0 aromatic carbocycles. The first-order valence-electron chi connectivity index (χ1n) is 1.22. The van der Waals surface area contributed by atoms with Crippen molar-refractivity contribution in [2.75, 3.05) is 0 Å². The summed E-state index contributed by atoms with van der Waals surface area (Å²) in [5, 5.41) is 0. The molecule has 7 heavy (non-hydrogen) atoms. The molecule has 4 N–H and O–H groups in total. The Morgan fingerprint density at radius 2 is 1.86 bits per heavy atom. The molecule has 0 saturated carbocycles. The number of hydrogen-bond donors (Lipinski definition) is 3. The standard InChI is InChI=1S/H3NO4P2/c1-7(4,5)6(2)3/h(H3-,1,2,3,4,5)/p+1. The number of hydrogen-bond acceptors (Lipinski definition) is 2. The smallest absolute Gasteiger partial charge is 0.295 e. The molecule has 0 aliphatic carbocycles. The van der Waals surface area contributed by atoms with Gasteiger partial charge in [-0.3, -0.25) is 4.89 Å². The van der Waals surface area contributed by atoms with E-state index in [0.29, 0.717) is 0 Å². The molecule has 0 amide bonds. The molecule has 0 bridgehead atoms. The zero-order valence-electron chi connectivity index (χ0n) is 3.18. The molecule has 5 nitrogen and oxygen atoms in total. The molecule has 0 aromatic heterocycles. The number of nitrogens with two attached hydrogens (primary N) is 1. The lowest BCUT2D eigenvalue weighted by molar-refractivity contribution is 0.470. The minimum Gasteiger partial charge on any atom is -0.295 e. The highest BCUT2D eigenvalue weighted by Crippen LogP contribution is 2.55. The third kappa shape index (κ3) is 2.85. The zero-order valence-corrected chi connectivity index (χ0v) is 4.97. The molecule has 0 aromatic rings. The summed E-state index contributed by atoms with van der Waals surface area (Å²) in [6.45, 7) is 0. The van der Waals surface area contributed by atoms with Gasteiger partial charge in [0.2, 0.25) is 0 Å². The van der Waals surface area contributed by atoms with Gasteiger partial charge in [0.25, 0.3) is 0 Å². The van der Waals surface area contributed by atoms with Crippen molar-refractivity contribution in [1.29, 1.82) is 0 Å². The second kappa shape index (κ2) is 1.99. The molecule has 2 atom stereocenters. The van der Waals surface area contributed by atoms with Crippen molar-refractivity contribution in [2.45, 2.75) is 0 Å². The van der Waals surface area contributed by atoms with Crippen molar-refractivity contribution in [3.8, 4) is 0 Å². The Bertz CT molecular complexity index is 122. The molecule has 0 fully saturated rings. The minimum atomic E-state index is -4.17. The molecule has 0 radical (unpaired) electrons. The molecule has 0 aliphatic heterocycles. The van der Waals surface area contributed by atoms with E-state index in [9.17, 15) is 9.13 Å². The molecule has 0 spiro atoms. The molecular weight excluding hydrogens is 140 g/mol. The van der Waals surface area contributed by atoms with E-state index in [-0.39, 0.29) is 0 Å². The van der Waals surface area contributed by atoms with E-state index in [0.717, 1.165) is 0 Å². The van der Waals surface area contributed by atoms with E-state index < -0.39 is 14.9 Å². The maximum absolute atomic E-state index is 9.71. The highest BCUT2D eigenvalue weighted by Gasteiger charge is 2.36. The summed E-state index contributed by atoms with van der Waals surface area (Å²) >= 11 is 0. The first kappa shape index (κ1) is 7.21. The van der Waals surface area contributed by atoms with Crippen LogP contribution in [0.15, 0.2) is 0 Å². The van der Waals surface area contributed by atoms with Gasteiger partial charge < -0.3 is 0 Å². The van der Waals surface area contributed by atoms with Gasteiger partial charge >= 0.3 is 14.9 Å². The second-order valence-electron chi connectivity index (χ2n) is 0.842. The van der Waals surface area contributed by atoms with Crippen molar-refractivity contribution >= 4 is 14.9 Å². The van der Waals surface area contributed by atoms with E-state index in [1.807, 2.05) is 0 Å². The summed E-state index contributed by atoms with van der Waals surface area (Å²) < 4.78 is 19.2. The molecular formula is H4NO4P2+. The lowest BCUT2D eigenvalue weighted by Gasteiger charge is -1.78. The van der Waals surface area contributed by atoms with Gasteiger partial charge in [-0.1, -0.05) is 0 Å². The summed E-state index contributed by atoms with van der Waals surface area (Å²) in [5.41, 5.74) is 4.26. The molecule has 7 heteroatoms. The van der Waals surface area contributed by atoms with Crippen LogP contribution in [0.5, 0.6) is 0 Å². The first-order valence-corrected chi connectivity index (χ1v) is 4.87. The van der Waals surface area contributed by atoms with Gasteiger partial charge in [-0.2, -0.15) is 4.89 Å². The Kier molecular flexibility index (Phi) is 2.05. The van der Waals surface area contributed by atoms with E-state index in [4.69, 9.17) is 9.79 Å². The quantitative estimate of drug-likeness (QED) is 0.441. The van der Waals surface area contributed by atoms with Crippen molar-refractivity contribution in [3.63, 3.8) is 0 Å². The first-order chi connectivity index (χ1) is 2.94. The molecule has 2 unspecified atom stereocenters. The Labute approximate surface area is 40.4 Å². The van der Waals surface area contributed by atoms with E-state index in [1.54, 1.807) is 0 Å². The van der Waals surface area contributed by atoms with Crippen LogP contribution in [0.25, 0.3) is 0 Å². The van der Waals surface area contributed by atoms with Crippen LogP contribution >= 0.6 is 14.9 Å². The van der Waals surface area contributed by atoms with Crippen LogP contribution < -0.4 is 5.50 Å². The maximum atomic E-state index is 9.71. The third-order valence-corrected chi connectivity index (χ3v) is 2.21. The summed E-state index contributed by atoms with van der Waals surface area (Å²) in [6, 6.07) is 0. The van der Waals surface area contributed by atoms with Crippen LogP contribution in [0.1, 0.15) is 0 Å². The lowest BCUT2D eigenvalue weighted by atomic mass is 13.9. The highest BCUT2D eigenvalue weighted by atomic mass is 32.1. The average Bonchev–Trinajstić information content (AvgIpc) is 1.31. The van der Waals surface area contributed by atoms with Gasteiger partial charge in [-0.05, 0) is 4.57 Å². The monoisotopic (exact) mass is 144 g/mol. The molecule has 0 rings (SSSR count). The Hall–Kier alpha value is 0.210. The van der Waals surface area contributed by atoms with Crippen LogP contribution in [0.4, 0.5) is 0 Å². The summed E-state index contributed by atoms with van der Waals surface area (Å²) in [5.74, 6) is 0. The SMILES string of the molecule is NP(=O)(O)[P+](=O)O. The van der Waals surface area contributed by atoms with E-state index in [2.05, 4.69) is 5.50 Å². The van der Waals surface area contributed by atoms with Gasteiger partial charge in [0, 0.05) is 0 Å². The molecule has 0 heterocycles. The third-order valence-electron chi connectivity index (χ3n) is 0.245. The van der Waals surface area contributed by atoms with E-state index >= 15 is 0 Å². The summed E-state index contributed by atoms with van der Waals surface area (Å²) in [7, 11) is -7.28. The highest BCUT2D eigenvalue weighted by molar-refractivity contribution is 8.21. The van der Waals surface area contributed by atoms with E-state index in [1.165, 1.54) is 0 Å². The number of rotatable bonds is 1. The normalized spacial score (nSPS) is 20.7. The van der Waals surface area contributed by atoms with Crippen LogP contribution in [0, 0.1) is 0 Å². The fourth-order valence-electron chi connectivity index (χ4n) is 0. The van der Waals surface area contributed by atoms with Crippen LogP contribution in [-0.4, -0.2) is 9.79 Å². The predicted molar refractivity (Wildman–Crippen MR) is 23.8 cm³/mol. The Morgan fingerprint density at radius 3 is 1.86 bits per heavy atom. The van der Waals surface area contributed by atoms with Crippen LogP contribution in [0.2, 0.25) is 0 Å². The topological polar surface area (TPSA) is 101 Å². The van der Waals surface area contributed by atoms with Crippen molar-refractivity contribution in [1.82, 2.24) is 0 Å². The Morgan fingerprint density at radius 1 is 1.71 bits per heavy atom. The van der Waals surface area contributed by atoms with Gasteiger partial charge in [-0.15, -0.1) is 0 Å². The predicted octanol–water partition coefficient (Wildman–Crippen LogP) is -0.220. The fourth-order valence-corrected chi connectivity index (χ4v) is 0. The largest absolute Gasteiger partial charge is 0.605 e.